The lowest BCUT2D eigenvalue weighted by Gasteiger charge is -2.21. The van der Waals surface area contributed by atoms with E-state index in [1.807, 2.05) is 13.8 Å². The number of amides is 2. The number of anilines is 1. The summed E-state index contributed by atoms with van der Waals surface area (Å²) in [4.78, 5) is 51.1. The van der Waals surface area contributed by atoms with E-state index in [4.69, 9.17) is 9.47 Å². The molecule has 0 saturated carbocycles. The highest BCUT2D eigenvalue weighted by atomic mass is 19.1. The van der Waals surface area contributed by atoms with Crippen molar-refractivity contribution in [3.8, 4) is 11.5 Å². The van der Waals surface area contributed by atoms with Crippen LogP contribution >= 0.6 is 0 Å². The molecule has 0 saturated heterocycles. The number of carboxylic acids is 1. The Hall–Kier alpha value is -5.51. The fourth-order valence-electron chi connectivity index (χ4n) is 4.89. The van der Waals surface area contributed by atoms with E-state index in [2.05, 4.69) is 12.2 Å². The lowest BCUT2D eigenvalue weighted by molar-refractivity contribution is -0.137. The number of unbranched alkanes of at least 4 members (excludes halogenated alkanes) is 4. The van der Waals surface area contributed by atoms with Gasteiger partial charge < -0.3 is 24.8 Å². The Labute approximate surface area is 293 Å². The molecule has 0 atom stereocenters. The summed E-state index contributed by atoms with van der Waals surface area (Å²) in [6.07, 6.45) is 5.58. The van der Waals surface area contributed by atoms with E-state index < -0.39 is 36.1 Å². The molecule has 264 valence electrons. The second kappa shape index (κ2) is 20.8. The molecule has 50 heavy (non-hydrogen) atoms. The van der Waals surface area contributed by atoms with E-state index >= 15 is 0 Å². The van der Waals surface area contributed by atoms with E-state index in [0.29, 0.717) is 34.9 Å². The number of esters is 1. The first kappa shape index (κ1) is 38.9. The molecule has 10 heteroatoms. The van der Waals surface area contributed by atoms with Crippen LogP contribution in [0.2, 0.25) is 0 Å². The van der Waals surface area contributed by atoms with Crippen LogP contribution in [-0.2, 0) is 22.6 Å². The number of rotatable bonds is 17. The largest absolute Gasteiger partial charge is 0.494 e. The van der Waals surface area contributed by atoms with E-state index in [-0.39, 0.29) is 24.1 Å². The van der Waals surface area contributed by atoms with E-state index in [1.165, 1.54) is 60.6 Å². The zero-order valence-electron chi connectivity index (χ0n) is 28.8. The maximum Gasteiger partial charge on any atom is 0.343 e. The molecule has 2 N–H and O–H groups in total. The number of hydrogen-bond donors (Lipinski definition) is 2. The number of aliphatic carboxylic acids is 1. The predicted molar refractivity (Wildman–Crippen MR) is 191 cm³/mol. The van der Waals surface area contributed by atoms with Gasteiger partial charge in [0, 0.05) is 17.8 Å². The number of carboxylic acid groups (broad SMARTS) is 1. The van der Waals surface area contributed by atoms with Crippen LogP contribution in [0.4, 0.5) is 10.1 Å². The zero-order valence-corrected chi connectivity index (χ0v) is 28.8. The van der Waals surface area contributed by atoms with Gasteiger partial charge in [-0.2, -0.15) is 0 Å². The summed E-state index contributed by atoms with van der Waals surface area (Å²) in [5.41, 5.74) is 1.87. The van der Waals surface area contributed by atoms with Crippen molar-refractivity contribution < 1.29 is 38.1 Å². The van der Waals surface area contributed by atoms with Crippen LogP contribution in [0.15, 0.2) is 97.1 Å². The summed E-state index contributed by atoms with van der Waals surface area (Å²) in [5.74, 6) is -2.17. The molecule has 0 radical (unpaired) electrons. The van der Waals surface area contributed by atoms with Crippen molar-refractivity contribution in [2.75, 3.05) is 18.5 Å². The maximum atomic E-state index is 13.9. The second-order valence-corrected chi connectivity index (χ2v) is 11.3. The summed E-state index contributed by atoms with van der Waals surface area (Å²) in [6.45, 7) is 6.24. The third kappa shape index (κ3) is 12.8. The smallest absolute Gasteiger partial charge is 0.343 e. The van der Waals surface area contributed by atoms with Gasteiger partial charge in [0.05, 0.1) is 18.6 Å². The minimum Gasteiger partial charge on any atom is -0.494 e. The molecule has 0 fully saturated rings. The standard InChI is InChI=1S/C38H39FN2O7.C2H6/c1-2-3-4-5-8-23-47-32-21-15-29(16-22-32)38(46)48-33-19-11-27(12-20-33)25-41(26-36(43)44)37(45)28-13-17-31(18-14-28)40-35(42)24-30-9-6-7-10-34(30)39;1-2/h6-7,9-22H,2-5,8,23-26H2,1H3,(H,40,42)(H,43,44);1-2H3. The number of nitrogens with one attached hydrogen (secondary N) is 1. The van der Waals surface area contributed by atoms with Gasteiger partial charge in [-0.1, -0.05) is 76.8 Å². The molecule has 0 unspecified atom stereocenters. The van der Waals surface area contributed by atoms with E-state index in [9.17, 15) is 28.7 Å². The average molecular weight is 685 g/mol. The van der Waals surface area contributed by atoms with Crippen LogP contribution in [0, 0.1) is 5.82 Å². The zero-order chi connectivity index (χ0) is 36.3. The first-order valence-electron chi connectivity index (χ1n) is 16.9. The van der Waals surface area contributed by atoms with Gasteiger partial charge in [-0.15, -0.1) is 0 Å². The second-order valence-electron chi connectivity index (χ2n) is 11.3. The van der Waals surface area contributed by atoms with Crippen molar-refractivity contribution in [2.45, 2.75) is 65.8 Å². The quantitative estimate of drug-likeness (QED) is 0.0652. The highest BCUT2D eigenvalue weighted by Crippen LogP contribution is 2.20. The van der Waals surface area contributed by atoms with Gasteiger partial charge in [-0.05, 0) is 84.3 Å². The summed E-state index contributed by atoms with van der Waals surface area (Å²) in [7, 11) is 0. The Kier molecular flexibility index (Phi) is 16.2. The highest BCUT2D eigenvalue weighted by Gasteiger charge is 2.20. The first-order valence-corrected chi connectivity index (χ1v) is 16.9. The third-order valence-electron chi connectivity index (χ3n) is 7.45. The number of ether oxygens (including phenoxy) is 2. The van der Waals surface area contributed by atoms with Gasteiger partial charge >= 0.3 is 11.9 Å². The molecule has 9 nitrogen and oxygen atoms in total. The monoisotopic (exact) mass is 684 g/mol. The molecule has 4 rings (SSSR count). The summed E-state index contributed by atoms with van der Waals surface area (Å²) >= 11 is 0. The van der Waals surface area contributed by atoms with E-state index in [0.717, 1.165) is 12.8 Å². The maximum absolute atomic E-state index is 13.9. The lowest BCUT2D eigenvalue weighted by Crippen LogP contribution is -2.35. The number of benzene rings is 4. The van der Waals surface area contributed by atoms with Crippen molar-refractivity contribution in [3.63, 3.8) is 0 Å². The molecular weight excluding hydrogens is 639 g/mol. The summed E-state index contributed by atoms with van der Waals surface area (Å²) in [5, 5.41) is 12.1. The van der Waals surface area contributed by atoms with Crippen molar-refractivity contribution in [3.05, 3.63) is 125 Å². The molecular formula is C40H45FN2O7. The Morgan fingerprint density at radius 1 is 0.760 bits per heavy atom. The van der Waals surface area contributed by atoms with Crippen molar-refractivity contribution >= 4 is 29.4 Å². The summed E-state index contributed by atoms with van der Waals surface area (Å²) < 4.78 is 25.1. The minimum atomic E-state index is -1.19. The molecule has 4 aromatic carbocycles. The van der Waals surface area contributed by atoms with Crippen LogP contribution in [0.5, 0.6) is 11.5 Å². The molecule has 0 aliphatic heterocycles. The van der Waals surface area contributed by atoms with Crippen molar-refractivity contribution in [1.82, 2.24) is 4.90 Å². The van der Waals surface area contributed by atoms with Crippen molar-refractivity contribution in [2.24, 2.45) is 0 Å². The number of carbonyl (C=O) groups is 4. The molecule has 0 aliphatic carbocycles. The van der Waals surface area contributed by atoms with Gasteiger partial charge in [0.1, 0.15) is 23.9 Å². The number of carbonyl (C=O) groups excluding carboxylic acids is 3. The fourth-order valence-corrected chi connectivity index (χ4v) is 4.89. The van der Waals surface area contributed by atoms with Gasteiger partial charge in [0.2, 0.25) is 5.91 Å². The molecule has 2 amide bonds. The van der Waals surface area contributed by atoms with Crippen LogP contribution in [0.25, 0.3) is 0 Å². The Morgan fingerprint density at radius 3 is 2.02 bits per heavy atom. The Balaban J connectivity index is 0.00000332. The SMILES string of the molecule is CC.CCCCCCCOc1ccc(C(=O)Oc2ccc(CN(CC(=O)O)C(=O)c3ccc(NC(=O)Cc4ccccc4F)cc3)cc2)cc1. The number of hydrogen-bond acceptors (Lipinski definition) is 6. The van der Waals surface area contributed by atoms with Crippen LogP contribution < -0.4 is 14.8 Å². The summed E-state index contributed by atoms with van der Waals surface area (Å²) in [6, 6.07) is 25.2. The molecule has 0 bridgehead atoms. The number of halogens is 1. The van der Waals surface area contributed by atoms with Crippen LogP contribution in [0.3, 0.4) is 0 Å². The molecule has 0 heterocycles. The molecule has 0 aliphatic rings. The van der Waals surface area contributed by atoms with E-state index in [1.54, 1.807) is 60.7 Å². The van der Waals surface area contributed by atoms with Gasteiger partial charge in [0.25, 0.3) is 5.91 Å². The minimum absolute atomic E-state index is 0.0133. The van der Waals surface area contributed by atoms with Crippen molar-refractivity contribution in [1.29, 1.82) is 0 Å². The normalized spacial score (nSPS) is 10.3. The van der Waals surface area contributed by atoms with Gasteiger partial charge in [-0.25, -0.2) is 9.18 Å². The topological polar surface area (TPSA) is 122 Å². The Morgan fingerprint density at radius 2 is 1.38 bits per heavy atom. The highest BCUT2D eigenvalue weighted by molar-refractivity contribution is 5.97. The van der Waals surface area contributed by atoms with Crippen LogP contribution in [-0.4, -0.2) is 46.9 Å². The lowest BCUT2D eigenvalue weighted by atomic mass is 10.1. The average Bonchev–Trinajstić information content (AvgIpc) is 3.12. The number of nitrogens with zero attached hydrogens (tertiary/aromatic N) is 1. The van der Waals surface area contributed by atoms with Crippen LogP contribution in [0.1, 0.15) is 84.7 Å². The third-order valence-corrected chi connectivity index (χ3v) is 7.45. The molecule has 0 aromatic heterocycles. The van der Waals surface area contributed by atoms with Gasteiger partial charge in [-0.3, -0.25) is 14.4 Å². The predicted octanol–water partition coefficient (Wildman–Crippen LogP) is 8.33. The van der Waals surface area contributed by atoms with Gasteiger partial charge in [0.15, 0.2) is 0 Å². The Bertz CT molecular complexity index is 1670. The molecule has 0 spiro atoms. The molecule has 4 aromatic rings. The first-order chi connectivity index (χ1) is 24.2. The fraction of sp³-hybridized carbons (Fsp3) is 0.300.